The third-order valence-electron chi connectivity index (χ3n) is 4.28. The molecule has 0 bridgehead atoms. The Morgan fingerprint density at radius 2 is 1.11 bits per heavy atom. The Morgan fingerprint density at radius 3 is 1.44 bits per heavy atom. The molecule has 0 aromatic heterocycles. The summed E-state index contributed by atoms with van der Waals surface area (Å²) in [4.78, 5) is 0. The molecule has 2 fully saturated rings. The summed E-state index contributed by atoms with van der Waals surface area (Å²) >= 11 is 0. The summed E-state index contributed by atoms with van der Waals surface area (Å²) in [6.07, 6.45) is 6.38. The van der Waals surface area contributed by atoms with Crippen molar-refractivity contribution in [1.29, 1.82) is 0 Å². The fourth-order valence-corrected chi connectivity index (χ4v) is 3.20. The quantitative estimate of drug-likeness (QED) is 0.632. The lowest BCUT2D eigenvalue weighted by Gasteiger charge is -2.36. The maximum Gasteiger partial charge on any atom is 0.169 e. The lowest BCUT2D eigenvalue weighted by molar-refractivity contribution is -0.204. The zero-order valence-corrected chi connectivity index (χ0v) is 13.0. The molecule has 106 valence electrons. The molecule has 1 heterocycles. The molecular formula is C16H30O2. The van der Waals surface area contributed by atoms with Crippen LogP contribution in [-0.2, 0) is 9.47 Å². The maximum atomic E-state index is 6.47. The summed E-state index contributed by atoms with van der Waals surface area (Å²) in [6.45, 7) is 13.6. The van der Waals surface area contributed by atoms with E-state index >= 15 is 0 Å². The van der Waals surface area contributed by atoms with Crippen LogP contribution in [0.3, 0.4) is 0 Å². The summed E-state index contributed by atoms with van der Waals surface area (Å²) in [5, 5.41) is 0. The van der Waals surface area contributed by atoms with E-state index in [1.165, 1.54) is 19.3 Å². The van der Waals surface area contributed by atoms with Crippen LogP contribution in [0.15, 0.2) is 0 Å². The fourth-order valence-electron chi connectivity index (χ4n) is 3.20. The van der Waals surface area contributed by atoms with Crippen molar-refractivity contribution in [2.75, 3.05) is 0 Å². The molecule has 2 unspecified atom stereocenters. The number of rotatable bonds is 0. The summed E-state index contributed by atoms with van der Waals surface area (Å²) in [6, 6.07) is 0. The topological polar surface area (TPSA) is 18.5 Å². The summed E-state index contributed by atoms with van der Waals surface area (Å²) in [5.41, 5.74) is 0.276. The molecule has 18 heavy (non-hydrogen) atoms. The van der Waals surface area contributed by atoms with E-state index in [4.69, 9.17) is 9.47 Å². The van der Waals surface area contributed by atoms with Crippen molar-refractivity contribution in [3.05, 3.63) is 0 Å². The van der Waals surface area contributed by atoms with Crippen LogP contribution in [-0.4, -0.2) is 18.0 Å². The van der Waals surface area contributed by atoms with Gasteiger partial charge in [0.05, 0.1) is 12.2 Å². The molecule has 1 aliphatic heterocycles. The molecule has 2 aliphatic rings. The van der Waals surface area contributed by atoms with E-state index in [2.05, 4.69) is 41.5 Å². The molecule has 0 radical (unpaired) electrons. The van der Waals surface area contributed by atoms with Gasteiger partial charge < -0.3 is 9.47 Å². The molecule has 0 N–H and O–H groups in total. The average molecular weight is 254 g/mol. The average Bonchev–Trinajstić information content (AvgIpc) is 2.58. The van der Waals surface area contributed by atoms with Gasteiger partial charge in [-0.2, -0.15) is 0 Å². The Morgan fingerprint density at radius 1 is 0.722 bits per heavy atom. The van der Waals surface area contributed by atoms with Gasteiger partial charge in [-0.05, 0) is 23.7 Å². The summed E-state index contributed by atoms with van der Waals surface area (Å²) in [7, 11) is 0. The van der Waals surface area contributed by atoms with Crippen LogP contribution in [0.5, 0.6) is 0 Å². The molecule has 0 aromatic carbocycles. The van der Waals surface area contributed by atoms with Crippen molar-refractivity contribution in [3.63, 3.8) is 0 Å². The van der Waals surface area contributed by atoms with Crippen molar-refractivity contribution in [3.8, 4) is 0 Å². The summed E-state index contributed by atoms with van der Waals surface area (Å²) < 4.78 is 12.9. The van der Waals surface area contributed by atoms with E-state index in [0.29, 0.717) is 0 Å². The predicted molar refractivity (Wildman–Crippen MR) is 74.5 cm³/mol. The predicted octanol–water partition coefficient (Wildman–Crippen LogP) is 4.52. The van der Waals surface area contributed by atoms with Crippen LogP contribution >= 0.6 is 0 Å². The molecule has 2 heteroatoms. The Bertz CT molecular complexity index is 265. The second kappa shape index (κ2) is 4.49. The van der Waals surface area contributed by atoms with Crippen LogP contribution in [0, 0.1) is 10.8 Å². The van der Waals surface area contributed by atoms with Crippen LogP contribution in [0.4, 0.5) is 0 Å². The van der Waals surface area contributed by atoms with E-state index < -0.39 is 0 Å². The van der Waals surface area contributed by atoms with E-state index in [0.717, 1.165) is 12.8 Å². The first-order valence-corrected chi connectivity index (χ1v) is 7.50. The molecule has 0 amide bonds. The van der Waals surface area contributed by atoms with E-state index in [9.17, 15) is 0 Å². The van der Waals surface area contributed by atoms with E-state index in [-0.39, 0.29) is 28.8 Å². The standard InChI is InChI=1S/C16H30O2/c1-14(2,3)12-13(15(4,5)6)18-16(17-12)10-8-7-9-11-16/h12-13H,7-11H2,1-6H3. The lowest BCUT2D eigenvalue weighted by Crippen LogP contribution is -2.42. The lowest BCUT2D eigenvalue weighted by atomic mass is 9.76. The van der Waals surface area contributed by atoms with Gasteiger partial charge >= 0.3 is 0 Å². The first-order chi connectivity index (χ1) is 8.14. The number of ether oxygens (including phenoxy) is 2. The largest absolute Gasteiger partial charge is 0.343 e. The first-order valence-electron chi connectivity index (χ1n) is 7.50. The van der Waals surface area contributed by atoms with Gasteiger partial charge in [0.1, 0.15) is 0 Å². The van der Waals surface area contributed by atoms with Crippen molar-refractivity contribution in [2.24, 2.45) is 10.8 Å². The molecule has 1 spiro atoms. The van der Waals surface area contributed by atoms with E-state index in [1.54, 1.807) is 0 Å². The smallest absolute Gasteiger partial charge is 0.169 e. The van der Waals surface area contributed by atoms with Crippen molar-refractivity contribution < 1.29 is 9.47 Å². The van der Waals surface area contributed by atoms with Gasteiger partial charge in [-0.25, -0.2) is 0 Å². The second-order valence-electron chi connectivity index (χ2n) is 8.28. The van der Waals surface area contributed by atoms with Crippen LogP contribution in [0.1, 0.15) is 73.6 Å². The highest BCUT2D eigenvalue weighted by Gasteiger charge is 2.54. The molecule has 1 saturated heterocycles. The van der Waals surface area contributed by atoms with Gasteiger partial charge in [0.15, 0.2) is 5.79 Å². The van der Waals surface area contributed by atoms with Crippen LogP contribution < -0.4 is 0 Å². The highest BCUT2D eigenvalue weighted by Crippen LogP contribution is 2.49. The number of hydrogen-bond donors (Lipinski definition) is 0. The minimum Gasteiger partial charge on any atom is -0.343 e. The van der Waals surface area contributed by atoms with Gasteiger partial charge in [-0.15, -0.1) is 0 Å². The maximum absolute atomic E-state index is 6.47. The second-order valence-corrected chi connectivity index (χ2v) is 8.28. The Hall–Kier alpha value is -0.0800. The normalized spacial score (nSPS) is 33.0. The zero-order valence-electron chi connectivity index (χ0n) is 13.0. The highest BCUT2D eigenvalue weighted by atomic mass is 16.8. The SMILES string of the molecule is CC(C)(C)C1OC2(CCCCC2)OC1C(C)(C)C. The third kappa shape index (κ3) is 2.75. The van der Waals surface area contributed by atoms with Crippen LogP contribution in [0.2, 0.25) is 0 Å². The molecule has 2 rings (SSSR count). The molecule has 2 nitrogen and oxygen atoms in total. The minimum absolute atomic E-state index is 0.138. The van der Waals surface area contributed by atoms with Crippen molar-refractivity contribution in [1.82, 2.24) is 0 Å². The van der Waals surface area contributed by atoms with Gasteiger partial charge in [-0.3, -0.25) is 0 Å². The van der Waals surface area contributed by atoms with Crippen molar-refractivity contribution >= 4 is 0 Å². The van der Waals surface area contributed by atoms with Crippen LogP contribution in [0.25, 0.3) is 0 Å². The monoisotopic (exact) mass is 254 g/mol. The van der Waals surface area contributed by atoms with Gasteiger partial charge in [0.2, 0.25) is 0 Å². The highest BCUT2D eigenvalue weighted by molar-refractivity contribution is 4.97. The van der Waals surface area contributed by atoms with Gasteiger partial charge in [0, 0.05) is 12.8 Å². The summed E-state index contributed by atoms with van der Waals surface area (Å²) in [5.74, 6) is -0.270. The molecule has 2 atom stereocenters. The minimum atomic E-state index is -0.270. The third-order valence-corrected chi connectivity index (χ3v) is 4.28. The zero-order chi connectivity index (χ0) is 13.6. The molecular weight excluding hydrogens is 224 g/mol. The molecule has 0 aromatic rings. The van der Waals surface area contributed by atoms with Crippen molar-refractivity contribution in [2.45, 2.75) is 91.6 Å². The number of hydrogen-bond acceptors (Lipinski definition) is 2. The fraction of sp³-hybridized carbons (Fsp3) is 1.00. The van der Waals surface area contributed by atoms with Gasteiger partial charge in [-0.1, -0.05) is 48.0 Å². The Labute approximate surface area is 112 Å². The Balaban J connectivity index is 2.23. The molecule has 1 saturated carbocycles. The Kier molecular flexibility index (Phi) is 3.57. The molecule has 1 aliphatic carbocycles. The van der Waals surface area contributed by atoms with Gasteiger partial charge in [0.25, 0.3) is 0 Å². The van der Waals surface area contributed by atoms with E-state index in [1.807, 2.05) is 0 Å². The first kappa shape index (κ1) is 14.3.